The number of aromatic nitrogens is 1. The van der Waals surface area contributed by atoms with Crippen LogP contribution in [0.4, 0.5) is 5.82 Å². The van der Waals surface area contributed by atoms with Crippen LogP contribution in [0.5, 0.6) is 5.75 Å². The van der Waals surface area contributed by atoms with E-state index in [2.05, 4.69) is 23.6 Å². The second-order valence-electron chi connectivity index (χ2n) is 11.1. The third-order valence-corrected chi connectivity index (χ3v) is 8.73. The average Bonchev–Trinajstić information content (AvgIpc) is 3.50. The number of nitrogens with zero attached hydrogens (tertiary/aromatic N) is 2. The zero-order valence-electron chi connectivity index (χ0n) is 21.6. The van der Waals surface area contributed by atoms with Crippen LogP contribution in [0.1, 0.15) is 63.0 Å². The molecule has 1 saturated carbocycles. The molecule has 2 saturated heterocycles. The maximum atomic E-state index is 13.3. The molecule has 2 atom stereocenters. The maximum absolute atomic E-state index is 13.3. The number of aryl methyl sites for hydroxylation is 1. The van der Waals surface area contributed by atoms with Gasteiger partial charge in [-0.05, 0) is 69.4 Å². The van der Waals surface area contributed by atoms with Gasteiger partial charge in [-0.2, -0.15) is 8.42 Å². The summed E-state index contributed by atoms with van der Waals surface area (Å²) < 4.78 is 40.7. The predicted octanol–water partition coefficient (Wildman–Crippen LogP) is 3.05. The summed E-state index contributed by atoms with van der Waals surface area (Å²) in [7, 11) is -4.21. The second kappa shape index (κ2) is 9.56. The van der Waals surface area contributed by atoms with E-state index in [1.165, 1.54) is 6.07 Å². The van der Waals surface area contributed by atoms with Gasteiger partial charge in [0.1, 0.15) is 11.6 Å². The molecule has 10 heteroatoms. The van der Waals surface area contributed by atoms with Gasteiger partial charge in [0.05, 0.1) is 18.3 Å². The van der Waals surface area contributed by atoms with Crippen molar-refractivity contribution in [2.45, 2.75) is 81.1 Å². The molecule has 3 aliphatic rings. The summed E-state index contributed by atoms with van der Waals surface area (Å²) in [6, 6.07) is 10.6. The highest BCUT2D eigenvalue weighted by Crippen LogP contribution is 2.45. The van der Waals surface area contributed by atoms with Crippen LogP contribution in [-0.2, 0) is 19.6 Å². The summed E-state index contributed by atoms with van der Waals surface area (Å²) in [6.07, 6.45) is 2.84. The third-order valence-electron chi connectivity index (χ3n) is 7.50. The first kappa shape index (κ1) is 25.9. The molecular formula is C27H35N3O6S. The number of anilines is 1. The number of ether oxygens (including phenoxy) is 2. The Hall–Kier alpha value is -2.69. The summed E-state index contributed by atoms with van der Waals surface area (Å²) >= 11 is 0. The number of rotatable bonds is 7. The van der Waals surface area contributed by atoms with Crippen molar-refractivity contribution in [2.75, 3.05) is 24.6 Å². The third kappa shape index (κ3) is 5.61. The molecule has 2 N–H and O–H groups in total. The quantitative estimate of drug-likeness (QED) is 0.562. The topological polar surface area (TPSA) is 118 Å². The fourth-order valence-electron chi connectivity index (χ4n) is 4.96. The molecule has 9 nitrogen and oxygen atoms in total. The molecule has 3 heterocycles. The smallest absolute Gasteiger partial charge is 0.281 e. The van der Waals surface area contributed by atoms with E-state index >= 15 is 0 Å². The summed E-state index contributed by atoms with van der Waals surface area (Å²) in [5.74, 6) is 0.504. The summed E-state index contributed by atoms with van der Waals surface area (Å²) in [5, 5.41) is 9.56. The van der Waals surface area contributed by atoms with Crippen molar-refractivity contribution in [3.63, 3.8) is 0 Å². The monoisotopic (exact) mass is 529 g/mol. The molecule has 1 amide bonds. The zero-order valence-corrected chi connectivity index (χ0v) is 22.4. The van der Waals surface area contributed by atoms with E-state index in [0.717, 1.165) is 24.0 Å². The highest BCUT2D eigenvalue weighted by Gasteiger charge is 2.54. The number of aliphatic hydroxyl groups is 1. The molecule has 200 valence electrons. The minimum atomic E-state index is -4.21. The Bertz CT molecular complexity index is 1280. The van der Waals surface area contributed by atoms with Crippen LogP contribution in [0.2, 0.25) is 0 Å². The molecule has 37 heavy (non-hydrogen) atoms. The molecule has 3 fully saturated rings. The number of benzene rings is 1. The van der Waals surface area contributed by atoms with Gasteiger partial charge in [-0.25, -0.2) is 9.71 Å². The van der Waals surface area contributed by atoms with E-state index in [0.29, 0.717) is 50.5 Å². The van der Waals surface area contributed by atoms with Crippen LogP contribution in [-0.4, -0.2) is 61.4 Å². The predicted molar refractivity (Wildman–Crippen MR) is 138 cm³/mol. The minimum Gasteiger partial charge on any atom is -0.477 e. The molecule has 1 unspecified atom stereocenters. The lowest BCUT2D eigenvalue weighted by Gasteiger charge is -2.35. The summed E-state index contributed by atoms with van der Waals surface area (Å²) in [5.41, 5.74) is 0.577. The maximum Gasteiger partial charge on any atom is 0.281 e. The highest BCUT2D eigenvalue weighted by atomic mass is 32.2. The number of hydrogen-bond donors (Lipinski definition) is 2. The van der Waals surface area contributed by atoms with Gasteiger partial charge in [0.2, 0.25) is 0 Å². The van der Waals surface area contributed by atoms with Crippen molar-refractivity contribution in [3.05, 3.63) is 47.5 Å². The normalized spacial score (nSPS) is 24.5. The van der Waals surface area contributed by atoms with Gasteiger partial charge in [0.25, 0.3) is 15.9 Å². The number of pyridine rings is 1. The van der Waals surface area contributed by atoms with Crippen molar-refractivity contribution in [2.24, 2.45) is 0 Å². The zero-order chi connectivity index (χ0) is 26.4. The van der Waals surface area contributed by atoms with Gasteiger partial charge in [-0.15, -0.1) is 0 Å². The molecule has 0 bridgehead atoms. The Morgan fingerprint density at radius 3 is 2.62 bits per heavy atom. The Labute approximate surface area is 218 Å². The van der Waals surface area contributed by atoms with Gasteiger partial charge in [0.15, 0.2) is 10.6 Å². The molecule has 1 aliphatic carbocycles. The van der Waals surface area contributed by atoms with Crippen molar-refractivity contribution in [1.29, 1.82) is 0 Å². The number of aliphatic hydroxyl groups excluding tert-OH is 1. The van der Waals surface area contributed by atoms with E-state index in [-0.39, 0.29) is 16.5 Å². The first-order valence-corrected chi connectivity index (χ1v) is 14.4. The van der Waals surface area contributed by atoms with E-state index in [9.17, 15) is 18.3 Å². The second-order valence-corrected chi connectivity index (χ2v) is 12.7. The van der Waals surface area contributed by atoms with Gasteiger partial charge < -0.3 is 19.5 Å². The van der Waals surface area contributed by atoms with Gasteiger partial charge in [-0.3, -0.25) is 4.79 Å². The average molecular weight is 530 g/mol. The fourth-order valence-corrected chi connectivity index (χ4v) is 5.97. The Kier molecular flexibility index (Phi) is 6.70. The highest BCUT2D eigenvalue weighted by molar-refractivity contribution is 7.90. The number of nitrogens with one attached hydrogen (secondary N) is 1. The van der Waals surface area contributed by atoms with Crippen LogP contribution >= 0.6 is 0 Å². The lowest BCUT2D eigenvalue weighted by Crippen LogP contribution is -2.43. The fraction of sp³-hybridized carbons (Fsp3) is 0.556. The molecular weight excluding hydrogens is 494 g/mol. The van der Waals surface area contributed by atoms with Gasteiger partial charge in [0, 0.05) is 31.8 Å². The van der Waals surface area contributed by atoms with Crippen molar-refractivity contribution in [1.82, 2.24) is 9.71 Å². The first-order chi connectivity index (χ1) is 17.5. The largest absolute Gasteiger partial charge is 0.477 e. The van der Waals surface area contributed by atoms with Crippen molar-refractivity contribution < 1.29 is 27.8 Å². The Morgan fingerprint density at radius 2 is 1.97 bits per heavy atom. The first-order valence-electron chi connectivity index (χ1n) is 12.9. The van der Waals surface area contributed by atoms with Crippen molar-refractivity contribution >= 4 is 21.7 Å². The Morgan fingerprint density at radius 1 is 1.19 bits per heavy atom. The number of carbonyl (C=O) groups is 1. The van der Waals surface area contributed by atoms with E-state index in [1.807, 2.05) is 30.0 Å². The van der Waals surface area contributed by atoms with Crippen LogP contribution in [0, 0.1) is 6.92 Å². The molecule has 2 aromatic rings. The molecule has 1 aromatic carbocycles. The van der Waals surface area contributed by atoms with Crippen molar-refractivity contribution in [3.8, 4) is 5.75 Å². The molecule has 2 aliphatic heterocycles. The summed E-state index contributed by atoms with van der Waals surface area (Å²) in [4.78, 5) is 19.3. The van der Waals surface area contributed by atoms with E-state index in [4.69, 9.17) is 9.47 Å². The standard InChI is InChI=1S/C27H35N3O6S/c1-18-7-8-21(19-9-11-26(2,3)35-17-19)22(15-18)36-27(12-13-27)25(32)29-37(33,34)24-6-4-5-23(28-24)30-14-10-20(31)16-30/h4-8,15,19-20,31H,9-14,16-17H2,1-3H3,(H,29,32)/t19?,20-/m0/s1. The summed E-state index contributed by atoms with van der Waals surface area (Å²) in [6.45, 7) is 7.67. The molecule has 0 spiro atoms. The number of sulfonamides is 1. The number of amides is 1. The lowest BCUT2D eigenvalue weighted by molar-refractivity contribution is -0.128. The minimum absolute atomic E-state index is 0.141. The molecule has 0 radical (unpaired) electrons. The number of carbonyl (C=O) groups excluding carboxylic acids is 1. The SMILES string of the molecule is Cc1ccc(C2CCC(C)(C)OC2)c(OC2(C(=O)NS(=O)(=O)c3cccc(N4CC[C@H](O)C4)n3)CC2)c1. The molecule has 5 rings (SSSR count). The van der Waals surface area contributed by atoms with Gasteiger partial charge >= 0.3 is 0 Å². The lowest BCUT2D eigenvalue weighted by atomic mass is 9.86. The number of hydrogen-bond acceptors (Lipinski definition) is 8. The number of β-amino-alcohol motifs (C(OH)–C–C–N with tert-alkyl or cyclic N) is 1. The van der Waals surface area contributed by atoms with E-state index in [1.54, 1.807) is 12.1 Å². The van der Waals surface area contributed by atoms with Crippen LogP contribution < -0.4 is 14.4 Å². The van der Waals surface area contributed by atoms with Crippen LogP contribution in [0.25, 0.3) is 0 Å². The van der Waals surface area contributed by atoms with E-state index < -0.39 is 27.6 Å². The van der Waals surface area contributed by atoms with Crippen LogP contribution in [0.15, 0.2) is 41.4 Å². The van der Waals surface area contributed by atoms with Gasteiger partial charge in [-0.1, -0.05) is 18.2 Å². The molecule has 1 aromatic heterocycles. The van der Waals surface area contributed by atoms with Crippen LogP contribution in [0.3, 0.4) is 0 Å². The Balaban J connectivity index is 1.32.